The van der Waals surface area contributed by atoms with Crippen molar-refractivity contribution >= 4 is 17.3 Å². The minimum absolute atomic E-state index is 0.176. The molecule has 0 radical (unpaired) electrons. The van der Waals surface area contributed by atoms with E-state index < -0.39 is 5.82 Å². The molecule has 0 atom stereocenters. The molecular formula is C29H34FN5O2. The lowest BCUT2D eigenvalue weighted by Crippen LogP contribution is -2.49. The van der Waals surface area contributed by atoms with Crippen LogP contribution < -0.4 is 10.1 Å². The van der Waals surface area contributed by atoms with E-state index in [2.05, 4.69) is 22.2 Å². The molecule has 8 heteroatoms. The largest absolute Gasteiger partial charge is 0.457 e. The molecule has 5 rings (SSSR count). The normalized spacial score (nSPS) is 15.0. The van der Waals surface area contributed by atoms with Crippen molar-refractivity contribution in [3.05, 3.63) is 71.2 Å². The average Bonchev–Trinajstić information content (AvgIpc) is 3.19. The molecular weight excluding hydrogens is 469 g/mol. The van der Waals surface area contributed by atoms with Crippen LogP contribution in [-0.4, -0.2) is 60.1 Å². The summed E-state index contributed by atoms with van der Waals surface area (Å²) in [5.41, 5.74) is 4.11. The summed E-state index contributed by atoms with van der Waals surface area (Å²) in [5.74, 6) is 0.869. The second kappa shape index (κ2) is 11.1. The Morgan fingerprint density at radius 3 is 2.57 bits per heavy atom. The summed E-state index contributed by atoms with van der Waals surface area (Å²) in [6.07, 6.45) is 1.62. The number of ether oxygens (including phenoxy) is 1. The van der Waals surface area contributed by atoms with E-state index in [0.717, 1.165) is 24.3 Å². The summed E-state index contributed by atoms with van der Waals surface area (Å²) in [6, 6.07) is 12.2. The SMILES string of the molecule is CC.CNc1cc(Oc2ccnc(-c3cc(F)c4c(c3)CN(CC3CN(C)C3)C4=O)c2)ccc1C(C)=N. The van der Waals surface area contributed by atoms with Gasteiger partial charge in [-0.2, -0.15) is 0 Å². The van der Waals surface area contributed by atoms with Gasteiger partial charge in [0.15, 0.2) is 0 Å². The molecule has 1 saturated heterocycles. The summed E-state index contributed by atoms with van der Waals surface area (Å²) >= 11 is 0. The molecule has 7 nitrogen and oxygen atoms in total. The van der Waals surface area contributed by atoms with Gasteiger partial charge in [0.05, 0.1) is 11.3 Å². The lowest BCUT2D eigenvalue weighted by atomic mass is 10.0. The number of fused-ring (bicyclic) bond motifs is 1. The van der Waals surface area contributed by atoms with Gasteiger partial charge in [0.2, 0.25) is 0 Å². The third kappa shape index (κ3) is 5.49. The second-order valence-electron chi connectivity index (χ2n) is 9.33. The molecule has 3 heterocycles. The number of nitrogens with one attached hydrogen (secondary N) is 2. The van der Waals surface area contributed by atoms with E-state index in [1.807, 2.05) is 38.1 Å². The van der Waals surface area contributed by atoms with E-state index in [-0.39, 0.29) is 11.5 Å². The van der Waals surface area contributed by atoms with Gasteiger partial charge in [0.25, 0.3) is 5.91 Å². The number of amides is 1. The van der Waals surface area contributed by atoms with Gasteiger partial charge in [0.1, 0.15) is 17.3 Å². The highest BCUT2D eigenvalue weighted by atomic mass is 19.1. The number of nitrogens with zero attached hydrogens (tertiary/aromatic N) is 3. The molecule has 194 valence electrons. The minimum atomic E-state index is -0.514. The van der Waals surface area contributed by atoms with Gasteiger partial charge in [-0.3, -0.25) is 9.78 Å². The number of pyridine rings is 1. The number of halogens is 1. The molecule has 0 spiro atoms. The van der Waals surface area contributed by atoms with Crippen molar-refractivity contribution in [2.75, 3.05) is 39.0 Å². The average molecular weight is 504 g/mol. The monoisotopic (exact) mass is 503 g/mol. The standard InChI is InChI=1S/C27H28FN5O2.C2H6/c1-16(29)22-5-4-20(11-25(22)30-2)35-21-6-7-31-24(10-21)18-8-19-15-33(14-17-12-32(3)13-17)27(34)26(19)23(28)9-18;1-2/h4-11,17,29-30H,12-15H2,1-3H3;1-2H3. The molecule has 0 saturated carbocycles. The first-order chi connectivity index (χ1) is 17.8. The smallest absolute Gasteiger partial charge is 0.257 e. The highest BCUT2D eigenvalue weighted by molar-refractivity contribution is 6.01. The Morgan fingerprint density at radius 2 is 1.89 bits per heavy atom. The first kappa shape index (κ1) is 26.3. The van der Waals surface area contributed by atoms with E-state index in [9.17, 15) is 4.79 Å². The fraction of sp³-hybridized carbons (Fsp3) is 0.345. The summed E-state index contributed by atoms with van der Waals surface area (Å²) in [4.78, 5) is 21.2. The first-order valence-corrected chi connectivity index (χ1v) is 12.6. The first-order valence-electron chi connectivity index (χ1n) is 12.6. The van der Waals surface area contributed by atoms with Crippen LogP contribution in [0.1, 0.15) is 42.3 Å². The molecule has 2 aliphatic heterocycles. The van der Waals surface area contributed by atoms with Crippen LogP contribution in [0.3, 0.4) is 0 Å². The fourth-order valence-electron chi connectivity index (χ4n) is 4.90. The van der Waals surface area contributed by atoms with Gasteiger partial charge in [-0.1, -0.05) is 13.8 Å². The number of benzene rings is 2. The zero-order valence-electron chi connectivity index (χ0n) is 22.1. The number of hydrogen-bond donors (Lipinski definition) is 2. The summed E-state index contributed by atoms with van der Waals surface area (Å²) in [5, 5.41) is 11.0. The van der Waals surface area contributed by atoms with Crippen LogP contribution in [0.5, 0.6) is 11.5 Å². The Labute approximate surface area is 217 Å². The molecule has 0 unspecified atom stereocenters. The van der Waals surface area contributed by atoms with Gasteiger partial charge in [-0.25, -0.2) is 4.39 Å². The van der Waals surface area contributed by atoms with Crippen LogP contribution in [0.4, 0.5) is 10.1 Å². The molecule has 1 aromatic heterocycles. The Morgan fingerprint density at radius 1 is 1.16 bits per heavy atom. The third-order valence-electron chi connectivity index (χ3n) is 6.58. The van der Waals surface area contributed by atoms with Crippen LogP contribution >= 0.6 is 0 Å². The summed E-state index contributed by atoms with van der Waals surface area (Å²) in [6.45, 7) is 8.73. The molecule has 2 aromatic carbocycles. The van der Waals surface area contributed by atoms with Crippen molar-refractivity contribution in [3.63, 3.8) is 0 Å². The Balaban J connectivity index is 0.00000156. The number of hydrogen-bond acceptors (Lipinski definition) is 6. The second-order valence-corrected chi connectivity index (χ2v) is 9.33. The van der Waals surface area contributed by atoms with Crippen molar-refractivity contribution in [1.82, 2.24) is 14.8 Å². The molecule has 2 aliphatic rings. The summed E-state index contributed by atoms with van der Waals surface area (Å²) in [7, 11) is 3.86. The van der Waals surface area contributed by atoms with Gasteiger partial charge >= 0.3 is 0 Å². The molecule has 37 heavy (non-hydrogen) atoms. The van der Waals surface area contributed by atoms with Crippen molar-refractivity contribution in [1.29, 1.82) is 5.41 Å². The topological polar surface area (TPSA) is 81.6 Å². The number of anilines is 1. The van der Waals surface area contributed by atoms with Crippen LogP contribution in [-0.2, 0) is 6.54 Å². The van der Waals surface area contributed by atoms with Crippen LogP contribution in [0, 0.1) is 17.1 Å². The molecule has 1 amide bonds. The zero-order valence-corrected chi connectivity index (χ0v) is 22.1. The van der Waals surface area contributed by atoms with Gasteiger partial charge in [-0.05, 0) is 49.9 Å². The number of likely N-dealkylation sites (tertiary alicyclic amines) is 1. The maximum absolute atomic E-state index is 15.1. The van der Waals surface area contributed by atoms with Crippen molar-refractivity contribution in [3.8, 4) is 22.8 Å². The van der Waals surface area contributed by atoms with E-state index in [1.54, 1.807) is 37.2 Å². The van der Waals surface area contributed by atoms with Crippen molar-refractivity contribution < 1.29 is 13.9 Å². The Bertz CT molecular complexity index is 1320. The van der Waals surface area contributed by atoms with E-state index in [1.165, 1.54) is 6.07 Å². The highest BCUT2D eigenvalue weighted by Gasteiger charge is 2.35. The van der Waals surface area contributed by atoms with E-state index >= 15 is 4.39 Å². The van der Waals surface area contributed by atoms with E-state index in [4.69, 9.17) is 10.1 Å². The number of rotatable bonds is 7. The highest BCUT2D eigenvalue weighted by Crippen LogP contribution is 2.33. The quantitative estimate of drug-likeness (QED) is 0.407. The number of carbonyl (C=O) groups excluding carboxylic acids is 1. The Hall–Kier alpha value is -3.78. The number of carbonyl (C=O) groups is 1. The molecule has 3 aromatic rings. The van der Waals surface area contributed by atoms with Crippen molar-refractivity contribution in [2.24, 2.45) is 5.92 Å². The molecule has 0 aliphatic carbocycles. The lowest BCUT2D eigenvalue weighted by molar-refractivity contribution is 0.0605. The molecule has 0 bridgehead atoms. The minimum Gasteiger partial charge on any atom is -0.457 e. The lowest BCUT2D eigenvalue weighted by Gasteiger charge is -2.38. The predicted octanol–water partition coefficient (Wildman–Crippen LogP) is 5.65. The number of aromatic nitrogens is 1. The maximum Gasteiger partial charge on any atom is 0.257 e. The summed E-state index contributed by atoms with van der Waals surface area (Å²) < 4.78 is 21.1. The fourth-order valence-corrected chi connectivity index (χ4v) is 4.90. The molecule has 2 N–H and O–H groups in total. The maximum atomic E-state index is 15.1. The predicted molar refractivity (Wildman–Crippen MR) is 145 cm³/mol. The van der Waals surface area contributed by atoms with Gasteiger partial charge < -0.3 is 25.3 Å². The van der Waals surface area contributed by atoms with Gasteiger partial charge in [-0.15, -0.1) is 0 Å². The molecule has 1 fully saturated rings. The van der Waals surface area contributed by atoms with Gasteiger partial charge in [0, 0.05) is 80.0 Å². The van der Waals surface area contributed by atoms with Crippen LogP contribution in [0.15, 0.2) is 48.7 Å². The third-order valence-corrected chi connectivity index (χ3v) is 6.58. The van der Waals surface area contributed by atoms with Crippen LogP contribution in [0.2, 0.25) is 0 Å². The van der Waals surface area contributed by atoms with E-state index in [0.29, 0.717) is 53.0 Å². The Kier molecular flexibility index (Phi) is 7.88. The van der Waals surface area contributed by atoms with Crippen molar-refractivity contribution in [2.45, 2.75) is 27.3 Å². The zero-order chi connectivity index (χ0) is 26.7. The van der Waals surface area contributed by atoms with Crippen LogP contribution in [0.25, 0.3) is 11.3 Å².